The van der Waals surface area contributed by atoms with E-state index in [1.54, 1.807) is 11.0 Å². The van der Waals surface area contributed by atoms with Gasteiger partial charge in [0.15, 0.2) is 0 Å². The maximum atomic E-state index is 12.3. The van der Waals surface area contributed by atoms with Gasteiger partial charge in [0.05, 0.1) is 11.5 Å². The van der Waals surface area contributed by atoms with Crippen molar-refractivity contribution >= 4 is 28.3 Å². The molecule has 1 aliphatic heterocycles. The Labute approximate surface area is 143 Å². The second kappa shape index (κ2) is 7.31. The van der Waals surface area contributed by atoms with Crippen molar-refractivity contribution in [2.45, 2.75) is 18.9 Å². The van der Waals surface area contributed by atoms with Gasteiger partial charge in [-0.3, -0.25) is 15.1 Å². The highest BCUT2D eigenvalue weighted by Gasteiger charge is 2.25. The minimum absolute atomic E-state index is 0.127. The molecule has 0 radical (unpaired) electrons. The summed E-state index contributed by atoms with van der Waals surface area (Å²) < 4.78 is 5.89. The number of pyridine rings is 1. The van der Waals surface area contributed by atoms with Gasteiger partial charge in [-0.15, -0.1) is 11.3 Å². The number of hydrogen-bond donors (Lipinski definition) is 2. The van der Waals surface area contributed by atoms with Crippen molar-refractivity contribution in [2.24, 2.45) is 5.73 Å². The lowest BCUT2D eigenvalue weighted by Gasteiger charge is -2.32. The van der Waals surface area contributed by atoms with Crippen molar-refractivity contribution < 1.29 is 14.3 Å². The lowest BCUT2D eigenvalue weighted by molar-refractivity contribution is 0.0989. The van der Waals surface area contributed by atoms with E-state index in [9.17, 15) is 9.59 Å². The smallest absolute Gasteiger partial charge is 0.322 e. The Morgan fingerprint density at radius 2 is 2.29 bits per heavy atom. The summed E-state index contributed by atoms with van der Waals surface area (Å²) in [4.78, 5) is 29.1. The molecule has 2 aromatic heterocycles. The third-order valence-corrected chi connectivity index (χ3v) is 4.49. The molecule has 1 aliphatic rings. The summed E-state index contributed by atoms with van der Waals surface area (Å²) in [5.74, 6) is -0.0645. The number of primary amides is 1. The van der Waals surface area contributed by atoms with Gasteiger partial charge in [0.1, 0.15) is 17.5 Å². The van der Waals surface area contributed by atoms with Crippen molar-refractivity contribution in [2.75, 3.05) is 18.4 Å². The Morgan fingerprint density at radius 3 is 3.04 bits per heavy atom. The molecule has 3 heterocycles. The van der Waals surface area contributed by atoms with Crippen LogP contribution in [0.2, 0.25) is 0 Å². The maximum Gasteiger partial charge on any atom is 0.322 e. The molecule has 0 bridgehead atoms. The van der Waals surface area contributed by atoms with Crippen LogP contribution in [-0.2, 0) is 0 Å². The summed E-state index contributed by atoms with van der Waals surface area (Å²) in [6.45, 7) is 1.19. The lowest BCUT2D eigenvalue weighted by atomic mass is 10.1. The number of anilines is 1. The highest BCUT2D eigenvalue weighted by atomic mass is 32.1. The Bertz CT molecular complexity index is 720. The van der Waals surface area contributed by atoms with Gasteiger partial charge in [0.25, 0.3) is 5.91 Å². The van der Waals surface area contributed by atoms with E-state index in [-0.39, 0.29) is 17.8 Å². The van der Waals surface area contributed by atoms with E-state index < -0.39 is 5.91 Å². The molecule has 1 unspecified atom stereocenters. The number of thiophene rings is 1. The Kier molecular flexibility index (Phi) is 4.95. The zero-order valence-corrected chi connectivity index (χ0v) is 13.8. The summed E-state index contributed by atoms with van der Waals surface area (Å²) in [5, 5.41) is 5.62. The normalized spacial score (nSPS) is 17.3. The molecule has 2 aromatic rings. The van der Waals surface area contributed by atoms with Crippen molar-refractivity contribution in [1.29, 1.82) is 0 Å². The number of nitrogens with two attached hydrogens (primary N) is 1. The van der Waals surface area contributed by atoms with Crippen LogP contribution >= 0.6 is 11.3 Å². The molecule has 126 valence electrons. The van der Waals surface area contributed by atoms with Gasteiger partial charge < -0.3 is 15.4 Å². The highest BCUT2D eigenvalue weighted by molar-refractivity contribution is 7.14. The fourth-order valence-corrected chi connectivity index (χ4v) is 3.17. The molecule has 0 aromatic carbocycles. The quantitative estimate of drug-likeness (QED) is 0.888. The number of urea groups is 1. The largest absolute Gasteiger partial charge is 0.488 e. The third kappa shape index (κ3) is 4.02. The van der Waals surface area contributed by atoms with E-state index in [1.165, 1.54) is 23.6 Å². The number of nitrogens with zero attached hydrogens (tertiary/aromatic N) is 2. The highest BCUT2D eigenvalue weighted by Crippen LogP contribution is 2.21. The number of carbonyl (C=O) groups is 2. The zero-order chi connectivity index (χ0) is 16.9. The van der Waals surface area contributed by atoms with Gasteiger partial charge in [0.2, 0.25) is 0 Å². The predicted octanol–water partition coefficient (Wildman–Crippen LogP) is 2.32. The number of carbonyl (C=O) groups excluding carboxylic acids is 2. The van der Waals surface area contributed by atoms with Crippen LogP contribution < -0.4 is 15.8 Å². The number of likely N-dealkylation sites (tertiary alicyclic amines) is 1. The number of hydrogen-bond acceptors (Lipinski definition) is 5. The number of piperidine rings is 1. The van der Waals surface area contributed by atoms with E-state index in [0.717, 1.165) is 17.8 Å². The molecule has 0 saturated carbocycles. The molecule has 1 atom stereocenters. The molecule has 8 heteroatoms. The minimum atomic E-state index is -0.596. The Morgan fingerprint density at radius 1 is 1.42 bits per heavy atom. The fourth-order valence-electron chi connectivity index (χ4n) is 2.56. The topological polar surface area (TPSA) is 97.6 Å². The van der Waals surface area contributed by atoms with Gasteiger partial charge >= 0.3 is 6.03 Å². The van der Waals surface area contributed by atoms with Crippen LogP contribution in [0.4, 0.5) is 9.80 Å². The molecule has 7 nitrogen and oxygen atoms in total. The monoisotopic (exact) mass is 346 g/mol. The molecule has 3 rings (SSSR count). The Hall–Kier alpha value is -2.61. The number of ether oxygens (including phenoxy) is 1. The predicted molar refractivity (Wildman–Crippen MR) is 91.3 cm³/mol. The average molecular weight is 346 g/mol. The molecule has 1 fully saturated rings. The van der Waals surface area contributed by atoms with Crippen molar-refractivity contribution in [3.63, 3.8) is 0 Å². The molecule has 24 heavy (non-hydrogen) atoms. The average Bonchev–Trinajstić information content (AvgIpc) is 3.08. The number of nitrogens with one attached hydrogen (secondary N) is 1. The number of amides is 3. The van der Waals surface area contributed by atoms with E-state index in [2.05, 4.69) is 10.3 Å². The fraction of sp³-hybridized carbons (Fsp3) is 0.312. The summed E-state index contributed by atoms with van der Waals surface area (Å²) in [5.41, 5.74) is 5.39. The van der Waals surface area contributed by atoms with E-state index in [0.29, 0.717) is 18.8 Å². The Balaban J connectivity index is 1.60. The minimum Gasteiger partial charge on any atom is -0.488 e. The van der Waals surface area contributed by atoms with Crippen molar-refractivity contribution in [1.82, 2.24) is 9.88 Å². The number of aromatic nitrogens is 1. The van der Waals surface area contributed by atoms with Crippen molar-refractivity contribution in [3.8, 4) is 5.75 Å². The first-order chi connectivity index (χ1) is 11.6. The van der Waals surface area contributed by atoms with E-state index in [4.69, 9.17) is 10.5 Å². The summed E-state index contributed by atoms with van der Waals surface area (Å²) in [6.07, 6.45) is 3.06. The molecule has 3 amide bonds. The van der Waals surface area contributed by atoms with Gasteiger partial charge in [0, 0.05) is 18.8 Å². The van der Waals surface area contributed by atoms with Crippen LogP contribution in [0.15, 0.2) is 35.8 Å². The van der Waals surface area contributed by atoms with Gasteiger partial charge in [-0.1, -0.05) is 0 Å². The van der Waals surface area contributed by atoms with Crippen LogP contribution in [0.3, 0.4) is 0 Å². The standard InChI is InChI=1S/C16H18N4O3S/c17-15(21)13-9-11(5-6-18-13)23-12-3-1-7-20(10-12)16(22)19-14-4-2-8-24-14/h2,4-6,8-9,12H,1,3,7,10H2,(H2,17,21)(H,19,22). The lowest BCUT2D eigenvalue weighted by Crippen LogP contribution is -2.46. The molecular formula is C16H18N4O3S. The van der Waals surface area contributed by atoms with E-state index in [1.807, 2.05) is 17.5 Å². The molecule has 1 saturated heterocycles. The zero-order valence-electron chi connectivity index (χ0n) is 13.0. The first kappa shape index (κ1) is 16.3. The third-order valence-electron chi connectivity index (χ3n) is 3.70. The SMILES string of the molecule is NC(=O)c1cc(OC2CCCN(C(=O)Nc3cccs3)C2)ccn1. The second-order valence-electron chi connectivity index (χ2n) is 5.48. The van der Waals surface area contributed by atoms with Gasteiger partial charge in [-0.25, -0.2) is 4.79 Å². The number of rotatable bonds is 4. The summed E-state index contributed by atoms with van der Waals surface area (Å²) in [6, 6.07) is 6.83. The van der Waals surface area contributed by atoms with Crippen LogP contribution in [0.25, 0.3) is 0 Å². The van der Waals surface area contributed by atoms with Crippen LogP contribution in [-0.4, -0.2) is 41.0 Å². The van der Waals surface area contributed by atoms with Gasteiger partial charge in [-0.2, -0.15) is 0 Å². The molecule has 0 aliphatic carbocycles. The first-order valence-electron chi connectivity index (χ1n) is 7.64. The van der Waals surface area contributed by atoms with Crippen LogP contribution in [0.5, 0.6) is 5.75 Å². The molecule has 3 N–H and O–H groups in total. The summed E-state index contributed by atoms with van der Waals surface area (Å²) in [7, 11) is 0. The molecular weight excluding hydrogens is 328 g/mol. The summed E-state index contributed by atoms with van der Waals surface area (Å²) >= 11 is 1.48. The second-order valence-corrected chi connectivity index (χ2v) is 6.42. The van der Waals surface area contributed by atoms with E-state index >= 15 is 0 Å². The van der Waals surface area contributed by atoms with Crippen LogP contribution in [0, 0.1) is 0 Å². The first-order valence-corrected chi connectivity index (χ1v) is 8.52. The maximum absolute atomic E-state index is 12.3. The molecule has 0 spiro atoms. The van der Waals surface area contributed by atoms with Gasteiger partial charge in [-0.05, 0) is 36.4 Å². The van der Waals surface area contributed by atoms with Crippen LogP contribution in [0.1, 0.15) is 23.3 Å². The van der Waals surface area contributed by atoms with Crippen molar-refractivity contribution in [3.05, 3.63) is 41.5 Å².